The van der Waals surface area contributed by atoms with E-state index in [1.54, 1.807) is 25.3 Å². The minimum atomic E-state index is -0.0593. The van der Waals surface area contributed by atoms with Gasteiger partial charge in [0.15, 0.2) is 0 Å². The lowest BCUT2D eigenvalue weighted by Gasteiger charge is -2.26. The number of nitrogens with zero attached hydrogens (tertiary/aromatic N) is 1. The van der Waals surface area contributed by atoms with E-state index in [4.69, 9.17) is 16.3 Å². The van der Waals surface area contributed by atoms with E-state index in [1.807, 2.05) is 4.90 Å². The number of carbonyl (C=O) groups excluding carboxylic acids is 1. The van der Waals surface area contributed by atoms with Crippen molar-refractivity contribution < 1.29 is 9.53 Å². The fourth-order valence-corrected chi connectivity index (χ4v) is 2.30. The van der Waals surface area contributed by atoms with Gasteiger partial charge in [0.25, 0.3) is 0 Å². The van der Waals surface area contributed by atoms with Gasteiger partial charge in [0, 0.05) is 18.8 Å². The maximum Gasteiger partial charge on any atom is 0.321 e. The predicted octanol–water partition coefficient (Wildman–Crippen LogP) is 3.37. The Morgan fingerprint density at radius 1 is 1.33 bits per heavy atom. The Bertz CT molecular complexity index is 431. The van der Waals surface area contributed by atoms with Crippen LogP contribution in [0.1, 0.15) is 19.3 Å². The second-order valence-corrected chi connectivity index (χ2v) is 4.73. The van der Waals surface area contributed by atoms with Crippen LogP contribution in [0.5, 0.6) is 5.75 Å². The third-order valence-electron chi connectivity index (χ3n) is 3.05. The smallest absolute Gasteiger partial charge is 0.321 e. The highest BCUT2D eigenvalue weighted by Crippen LogP contribution is 2.27. The molecular formula is C13H17ClN2O2. The zero-order valence-corrected chi connectivity index (χ0v) is 11.2. The first-order valence-electron chi connectivity index (χ1n) is 6.10. The van der Waals surface area contributed by atoms with Crippen LogP contribution in [0.4, 0.5) is 10.5 Å². The molecule has 1 N–H and O–H groups in total. The quantitative estimate of drug-likeness (QED) is 0.894. The molecule has 0 atom stereocenters. The Hall–Kier alpha value is -1.42. The predicted molar refractivity (Wildman–Crippen MR) is 72.4 cm³/mol. The molecule has 5 heteroatoms. The van der Waals surface area contributed by atoms with Crippen molar-refractivity contribution in [3.63, 3.8) is 0 Å². The number of likely N-dealkylation sites (tertiary alicyclic amines) is 1. The molecule has 0 aromatic heterocycles. The van der Waals surface area contributed by atoms with Crippen LogP contribution in [0.15, 0.2) is 18.2 Å². The van der Waals surface area contributed by atoms with Crippen molar-refractivity contribution in [2.45, 2.75) is 19.3 Å². The fraction of sp³-hybridized carbons (Fsp3) is 0.462. The van der Waals surface area contributed by atoms with Crippen LogP contribution in [0.25, 0.3) is 0 Å². The molecule has 4 nitrogen and oxygen atoms in total. The van der Waals surface area contributed by atoms with Crippen molar-refractivity contribution in [1.29, 1.82) is 0 Å². The normalized spacial score (nSPS) is 15.3. The molecule has 2 rings (SSSR count). The van der Waals surface area contributed by atoms with Crippen LogP contribution in [-0.4, -0.2) is 31.1 Å². The van der Waals surface area contributed by atoms with Crippen molar-refractivity contribution in [3.05, 3.63) is 23.2 Å². The Morgan fingerprint density at radius 3 is 2.67 bits per heavy atom. The van der Waals surface area contributed by atoms with Gasteiger partial charge in [-0.05, 0) is 37.5 Å². The van der Waals surface area contributed by atoms with Crippen LogP contribution in [-0.2, 0) is 0 Å². The SMILES string of the molecule is COc1ccc(NC(=O)N2CCCCC2)cc1Cl. The summed E-state index contributed by atoms with van der Waals surface area (Å²) in [4.78, 5) is 13.8. The molecule has 1 aromatic carbocycles. The summed E-state index contributed by atoms with van der Waals surface area (Å²) in [6.07, 6.45) is 3.37. The van der Waals surface area contributed by atoms with Gasteiger partial charge in [-0.15, -0.1) is 0 Å². The van der Waals surface area contributed by atoms with E-state index in [0.717, 1.165) is 25.9 Å². The summed E-state index contributed by atoms with van der Waals surface area (Å²) in [6, 6.07) is 5.17. The van der Waals surface area contributed by atoms with Gasteiger partial charge in [-0.3, -0.25) is 0 Å². The number of hydrogen-bond donors (Lipinski definition) is 1. The topological polar surface area (TPSA) is 41.6 Å². The van der Waals surface area contributed by atoms with Crippen LogP contribution in [0.2, 0.25) is 5.02 Å². The summed E-state index contributed by atoms with van der Waals surface area (Å²) in [5.74, 6) is 0.604. The van der Waals surface area contributed by atoms with Crippen molar-refractivity contribution in [2.24, 2.45) is 0 Å². The first-order chi connectivity index (χ1) is 8.70. The Balaban J connectivity index is 2.00. The fourth-order valence-electron chi connectivity index (χ4n) is 2.04. The van der Waals surface area contributed by atoms with Gasteiger partial charge in [-0.1, -0.05) is 11.6 Å². The molecule has 1 aliphatic heterocycles. The van der Waals surface area contributed by atoms with Gasteiger partial charge in [-0.25, -0.2) is 4.79 Å². The van der Waals surface area contributed by atoms with Crippen molar-refractivity contribution >= 4 is 23.3 Å². The average molecular weight is 269 g/mol. The van der Waals surface area contributed by atoms with Crippen LogP contribution < -0.4 is 10.1 Å². The van der Waals surface area contributed by atoms with Gasteiger partial charge in [0.05, 0.1) is 12.1 Å². The number of rotatable bonds is 2. The number of methoxy groups -OCH3 is 1. The molecular weight excluding hydrogens is 252 g/mol. The second kappa shape index (κ2) is 5.96. The third kappa shape index (κ3) is 3.07. The zero-order valence-electron chi connectivity index (χ0n) is 10.4. The largest absolute Gasteiger partial charge is 0.495 e. The zero-order chi connectivity index (χ0) is 13.0. The number of nitrogens with one attached hydrogen (secondary N) is 1. The summed E-state index contributed by atoms with van der Waals surface area (Å²) in [6.45, 7) is 1.66. The summed E-state index contributed by atoms with van der Waals surface area (Å²) in [5, 5.41) is 3.35. The van der Waals surface area contributed by atoms with Crippen molar-refractivity contribution in [2.75, 3.05) is 25.5 Å². The highest BCUT2D eigenvalue weighted by Gasteiger charge is 2.16. The molecule has 0 saturated carbocycles. The Labute approximate surface area is 112 Å². The van der Waals surface area contributed by atoms with E-state index >= 15 is 0 Å². The average Bonchev–Trinajstić information content (AvgIpc) is 2.40. The lowest BCUT2D eigenvalue weighted by atomic mass is 10.1. The number of urea groups is 1. The van der Waals surface area contributed by atoms with E-state index in [0.29, 0.717) is 16.5 Å². The number of ether oxygens (including phenoxy) is 1. The van der Waals surface area contributed by atoms with Gasteiger partial charge >= 0.3 is 6.03 Å². The molecule has 1 fully saturated rings. The van der Waals surface area contributed by atoms with Gasteiger partial charge < -0.3 is 15.0 Å². The Morgan fingerprint density at radius 2 is 2.06 bits per heavy atom. The number of piperidine rings is 1. The number of benzene rings is 1. The molecule has 18 heavy (non-hydrogen) atoms. The molecule has 1 heterocycles. The molecule has 0 aliphatic carbocycles. The van der Waals surface area contributed by atoms with Gasteiger partial charge in [0.2, 0.25) is 0 Å². The third-order valence-corrected chi connectivity index (χ3v) is 3.34. The number of anilines is 1. The Kier molecular flexibility index (Phi) is 4.31. The molecule has 1 saturated heterocycles. The monoisotopic (exact) mass is 268 g/mol. The molecule has 0 radical (unpaired) electrons. The molecule has 0 spiro atoms. The number of hydrogen-bond acceptors (Lipinski definition) is 2. The van der Waals surface area contributed by atoms with Gasteiger partial charge in [-0.2, -0.15) is 0 Å². The van der Waals surface area contributed by atoms with Crippen molar-refractivity contribution in [1.82, 2.24) is 4.90 Å². The van der Waals surface area contributed by atoms with E-state index in [2.05, 4.69) is 5.32 Å². The molecule has 0 unspecified atom stereocenters. The van der Waals surface area contributed by atoms with E-state index in [1.165, 1.54) is 6.42 Å². The maximum atomic E-state index is 12.0. The molecule has 1 aliphatic rings. The van der Waals surface area contributed by atoms with Crippen molar-refractivity contribution in [3.8, 4) is 5.75 Å². The summed E-state index contributed by atoms with van der Waals surface area (Å²) in [5.41, 5.74) is 0.691. The highest BCUT2D eigenvalue weighted by molar-refractivity contribution is 6.32. The number of amides is 2. The lowest BCUT2D eigenvalue weighted by molar-refractivity contribution is 0.200. The first kappa shape index (κ1) is 13.0. The minimum Gasteiger partial charge on any atom is -0.495 e. The number of halogens is 1. The molecule has 2 amide bonds. The molecule has 0 bridgehead atoms. The highest BCUT2D eigenvalue weighted by atomic mass is 35.5. The minimum absolute atomic E-state index is 0.0593. The second-order valence-electron chi connectivity index (χ2n) is 4.33. The standard InChI is InChI=1S/C13H17ClN2O2/c1-18-12-6-5-10(9-11(12)14)15-13(17)16-7-3-2-4-8-16/h5-6,9H,2-4,7-8H2,1H3,(H,15,17). The van der Waals surface area contributed by atoms with E-state index in [9.17, 15) is 4.79 Å². The first-order valence-corrected chi connectivity index (χ1v) is 6.48. The summed E-state index contributed by atoms with van der Waals surface area (Å²) in [7, 11) is 1.56. The van der Waals surface area contributed by atoms with Crippen LogP contribution >= 0.6 is 11.6 Å². The summed E-state index contributed by atoms with van der Waals surface area (Å²) >= 11 is 6.01. The van der Waals surface area contributed by atoms with Crippen LogP contribution in [0, 0.1) is 0 Å². The summed E-state index contributed by atoms with van der Waals surface area (Å²) < 4.78 is 5.07. The maximum absolute atomic E-state index is 12.0. The van der Waals surface area contributed by atoms with E-state index < -0.39 is 0 Å². The van der Waals surface area contributed by atoms with Crippen LogP contribution in [0.3, 0.4) is 0 Å². The molecule has 1 aromatic rings. The van der Waals surface area contributed by atoms with E-state index in [-0.39, 0.29) is 6.03 Å². The molecule has 98 valence electrons. The van der Waals surface area contributed by atoms with Gasteiger partial charge in [0.1, 0.15) is 5.75 Å². The lowest BCUT2D eigenvalue weighted by Crippen LogP contribution is -2.38. The number of carbonyl (C=O) groups is 1.